The number of ether oxygens (including phenoxy) is 1. The number of likely N-dealkylation sites (tertiary alicyclic amines) is 1. The van der Waals surface area contributed by atoms with Gasteiger partial charge < -0.3 is 19.3 Å². The van der Waals surface area contributed by atoms with Crippen LogP contribution < -0.4 is 4.74 Å². The molecular weight excluding hydrogens is 437 g/mol. The lowest BCUT2D eigenvalue weighted by Crippen LogP contribution is -2.31. The average molecular weight is 461 g/mol. The number of rotatable bonds is 6. The van der Waals surface area contributed by atoms with Gasteiger partial charge >= 0.3 is 0 Å². The van der Waals surface area contributed by atoms with Crippen molar-refractivity contribution in [2.24, 2.45) is 0 Å². The van der Waals surface area contributed by atoms with E-state index in [-0.39, 0.29) is 24.0 Å². The van der Waals surface area contributed by atoms with E-state index in [9.17, 15) is 19.1 Å². The van der Waals surface area contributed by atoms with Crippen molar-refractivity contribution >= 4 is 17.4 Å². The Hall–Kier alpha value is -3.94. The summed E-state index contributed by atoms with van der Waals surface area (Å²) in [5, 5.41) is 11.2. The summed E-state index contributed by atoms with van der Waals surface area (Å²) in [5.41, 5.74) is 1.94. The van der Waals surface area contributed by atoms with Gasteiger partial charge in [-0.2, -0.15) is 0 Å². The van der Waals surface area contributed by atoms with E-state index in [0.717, 1.165) is 11.3 Å². The summed E-state index contributed by atoms with van der Waals surface area (Å²) >= 11 is 0. The minimum absolute atomic E-state index is 0.00570. The minimum Gasteiger partial charge on any atom is -0.507 e. The quantitative estimate of drug-likeness (QED) is 0.342. The highest BCUT2D eigenvalue weighted by molar-refractivity contribution is 6.46. The first-order chi connectivity index (χ1) is 16.4. The zero-order chi connectivity index (χ0) is 23.8. The Morgan fingerprint density at radius 3 is 2.71 bits per heavy atom. The highest BCUT2D eigenvalue weighted by atomic mass is 19.1. The number of nitrogens with zero attached hydrogens (tertiary/aromatic N) is 3. The van der Waals surface area contributed by atoms with Crippen LogP contribution in [0.1, 0.15) is 36.1 Å². The van der Waals surface area contributed by atoms with Gasteiger partial charge in [-0.1, -0.05) is 12.1 Å². The highest BCUT2D eigenvalue weighted by Crippen LogP contribution is 2.40. The molecule has 1 fully saturated rings. The fourth-order valence-corrected chi connectivity index (χ4v) is 4.67. The Bertz CT molecular complexity index is 1270. The predicted octanol–water partition coefficient (Wildman–Crippen LogP) is 3.86. The lowest BCUT2D eigenvalue weighted by atomic mass is 9.94. The summed E-state index contributed by atoms with van der Waals surface area (Å²) in [7, 11) is 0. The number of aliphatic hydroxyl groups is 1. The van der Waals surface area contributed by atoms with Gasteiger partial charge in [0.2, 0.25) is 0 Å². The monoisotopic (exact) mass is 461 g/mol. The number of carbonyl (C=O) groups is 2. The molecule has 174 valence electrons. The molecule has 3 heterocycles. The van der Waals surface area contributed by atoms with E-state index in [2.05, 4.69) is 4.98 Å². The molecule has 0 saturated carbocycles. The standard InChI is InChI=1S/C26H24FN3O4/c1-16-13-19-14-18(5-8-21(19)34-16)24(31)22-23(17-3-6-20(27)7-4-17)30(26(33)25(22)32)11-2-10-29-12-9-28-15-29/h3-9,12,14-16,23,31H,2,10-11,13H2,1H3/b24-22+. The smallest absolute Gasteiger partial charge is 0.295 e. The van der Waals surface area contributed by atoms with E-state index in [1.807, 2.05) is 17.7 Å². The predicted molar refractivity (Wildman–Crippen MR) is 122 cm³/mol. The molecule has 1 aromatic heterocycles. The largest absolute Gasteiger partial charge is 0.507 e. The zero-order valence-corrected chi connectivity index (χ0v) is 18.6. The van der Waals surface area contributed by atoms with Gasteiger partial charge in [-0.3, -0.25) is 9.59 Å². The highest BCUT2D eigenvalue weighted by Gasteiger charge is 2.45. The number of carbonyl (C=O) groups excluding carboxylic acids is 2. The molecule has 0 bridgehead atoms. The van der Waals surface area contributed by atoms with Crippen LogP contribution in [0.5, 0.6) is 5.75 Å². The normalized spacial score (nSPS) is 21.1. The Balaban J connectivity index is 1.52. The molecule has 3 aromatic rings. The van der Waals surface area contributed by atoms with Crippen molar-refractivity contribution in [3.8, 4) is 5.75 Å². The Morgan fingerprint density at radius 2 is 1.97 bits per heavy atom. The molecule has 2 atom stereocenters. The molecule has 1 saturated heterocycles. The van der Waals surface area contributed by atoms with Crippen LogP contribution in [-0.2, 0) is 22.6 Å². The second kappa shape index (κ2) is 8.78. The van der Waals surface area contributed by atoms with Crippen LogP contribution in [0.15, 0.2) is 66.8 Å². The van der Waals surface area contributed by atoms with Crippen molar-refractivity contribution in [2.45, 2.75) is 38.5 Å². The number of aryl methyl sites for hydroxylation is 1. The number of imidazole rings is 1. The molecular formula is C26H24FN3O4. The number of aliphatic hydroxyl groups excluding tert-OH is 1. The Morgan fingerprint density at radius 1 is 1.18 bits per heavy atom. The molecule has 0 radical (unpaired) electrons. The van der Waals surface area contributed by atoms with Gasteiger partial charge in [0.15, 0.2) is 0 Å². The average Bonchev–Trinajstić information content (AvgIpc) is 3.53. The van der Waals surface area contributed by atoms with Gasteiger partial charge in [-0.25, -0.2) is 9.37 Å². The van der Waals surface area contributed by atoms with Crippen LogP contribution in [-0.4, -0.2) is 43.9 Å². The van der Waals surface area contributed by atoms with Crippen molar-refractivity contribution < 1.29 is 23.8 Å². The van der Waals surface area contributed by atoms with Gasteiger partial charge in [0.05, 0.1) is 17.9 Å². The van der Waals surface area contributed by atoms with Crippen LogP contribution in [0.3, 0.4) is 0 Å². The number of ketones is 1. The molecule has 2 aromatic carbocycles. The van der Waals surface area contributed by atoms with Gasteiger partial charge in [-0.05, 0) is 54.8 Å². The van der Waals surface area contributed by atoms with E-state index in [1.54, 1.807) is 42.9 Å². The van der Waals surface area contributed by atoms with Crippen LogP contribution in [0.2, 0.25) is 0 Å². The van der Waals surface area contributed by atoms with E-state index in [1.165, 1.54) is 17.0 Å². The molecule has 2 aliphatic rings. The first-order valence-corrected chi connectivity index (χ1v) is 11.2. The summed E-state index contributed by atoms with van der Waals surface area (Å²) in [6, 6.07) is 10.1. The molecule has 8 heteroatoms. The van der Waals surface area contributed by atoms with Crippen molar-refractivity contribution in [3.05, 3.63) is 89.3 Å². The lowest BCUT2D eigenvalue weighted by Gasteiger charge is -2.25. The van der Waals surface area contributed by atoms with Gasteiger partial charge in [0.1, 0.15) is 23.4 Å². The van der Waals surface area contributed by atoms with Crippen LogP contribution in [0.25, 0.3) is 5.76 Å². The van der Waals surface area contributed by atoms with Crippen molar-refractivity contribution in [3.63, 3.8) is 0 Å². The summed E-state index contributed by atoms with van der Waals surface area (Å²) < 4.78 is 21.2. The number of Topliss-reactive ketones (excluding diaryl/α,β-unsaturated/α-hetero) is 1. The summed E-state index contributed by atoms with van der Waals surface area (Å²) in [5.74, 6) is -1.35. The zero-order valence-electron chi connectivity index (χ0n) is 18.6. The van der Waals surface area contributed by atoms with Gasteiger partial charge in [0, 0.05) is 37.5 Å². The summed E-state index contributed by atoms with van der Waals surface area (Å²) in [6.07, 6.45) is 6.49. The first-order valence-electron chi connectivity index (χ1n) is 11.2. The van der Waals surface area contributed by atoms with E-state index in [4.69, 9.17) is 4.74 Å². The molecule has 2 aliphatic heterocycles. The number of fused-ring (bicyclic) bond motifs is 1. The second-order valence-electron chi connectivity index (χ2n) is 8.65. The molecule has 0 spiro atoms. The number of hydrogen-bond donors (Lipinski definition) is 1. The third-order valence-electron chi connectivity index (χ3n) is 6.27. The topological polar surface area (TPSA) is 84.7 Å². The molecule has 2 unspecified atom stereocenters. The fourth-order valence-electron chi connectivity index (χ4n) is 4.67. The van der Waals surface area contributed by atoms with Crippen LogP contribution >= 0.6 is 0 Å². The van der Waals surface area contributed by atoms with Crippen molar-refractivity contribution in [2.75, 3.05) is 6.54 Å². The van der Waals surface area contributed by atoms with Crippen molar-refractivity contribution in [1.29, 1.82) is 0 Å². The maximum absolute atomic E-state index is 13.6. The lowest BCUT2D eigenvalue weighted by molar-refractivity contribution is -0.139. The molecule has 34 heavy (non-hydrogen) atoms. The van der Waals surface area contributed by atoms with E-state index >= 15 is 0 Å². The molecule has 1 amide bonds. The maximum atomic E-state index is 13.6. The summed E-state index contributed by atoms with van der Waals surface area (Å²) in [6.45, 7) is 2.86. The van der Waals surface area contributed by atoms with Crippen LogP contribution in [0, 0.1) is 5.82 Å². The molecule has 0 aliphatic carbocycles. The summed E-state index contributed by atoms with van der Waals surface area (Å²) in [4.78, 5) is 31.6. The Labute approximate surface area is 196 Å². The maximum Gasteiger partial charge on any atom is 0.295 e. The Kier molecular flexibility index (Phi) is 5.65. The fraction of sp³-hybridized carbons (Fsp3) is 0.269. The van der Waals surface area contributed by atoms with Gasteiger partial charge in [0.25, 0.3) is 11.7 Å². The SMILES string of the molecule is CC1Cc2cc(/C(O)=C3\C(=O)C(=O)N(CCCn4ccnc4)C3c3ccc(F)cc3)ccc2O1. The number of hydrogen-bond acceptors (Lipinski definition) is 5. The minimum atomic E-state index is -0.813. The third kappa shape index (κ3) is 3.96. The van der Waals surface area contributed by atoms with E-state index in [0.29, 0.717) is 30.5 Å². The van der Waals surface area contributed by atoms with E-state index < -0.39 is 23.5 Å². The van der Waals surface area contributed by atoms with Gasteiger partial charge in [-0.15, -0.1) is 0 Å². The second-order valence-corrected chi connectivity index (χ2v) is 8.65. The van der Waals surface area contributed by atoms with Crippen molar-refractivity contribution in [1.82, 2.24) is 14.5 Å². The van der Waals surface area contributed by atoms with Crippen LogP contribution in [0.4, 0.5) is 4.39 Å². The first kappa shape index (κ1) is 21.9. The number of benzene rings is 2. The molecule has 5 rings (SSSR count). The third-order valence-corrected chi connectivity index (χ3v) is 6.27. The molecule has 1 N–H and O–H groups in total. The number of halogens is 1. The number of amides is 1. The number of aromatic nitrogens is 2. The molecule has 7 nitrogen and oxygen atoms in total.